The minimum atomic E-state index is -0.0922. The fourth-order valence-corrected chi connectivity index (χ4v) is 3.78. The van der Waals surface area contributed by atoms with Gasteiger partial charge in [0.25, 0.3) is 0 Å². The van der Waals surface area contributed by atoms with E-state index in [4.69, 9.17) is 5.11 Å². The Morgan fingerprint density at radius 3 is 2.48 bits per heavy atom. The van der Waals surface area contributed by atoms with Crippen molar-refractivity contribution in [3.63, 3.8) is 0 Å². The summed E-state index contributed by atoms with van der Waals surface area (Å²) in [4.78, 5) is 14.9. The molecule has 3 N–H and O–H groups in total. The van der Waals surface area contributed by atoms with Crippen molar-refractivity contribution in [2.75, 3.05) is 19.7 Å². The summed E-state index contributed by atoms with van der Waals surface area (Å²) in [6.07, 6.45) is 7.14. The fraction of sp³-hybridized carbons (Fsp3) is 0.944. The summed E-state index contributed by atoms with van der Waals surface area (Å²) in [7, 11) is 0. The van der Waals surface area contributed by atoms with Crippen LogP contribution in [0, 0.1) is 11.8 Å². The Morgan fingerprint density at radius 1 is 1.17 bits per heavy atom. The third-order valence-corrected chi connectivity index (χ3v) is 5.71. The van der Waals surface area contributed by atoms with Gasteiger partial charge in [-0.15, -0.1) is 0 Å². The number of amides is 2. The lowest BCUT2D eigenvalue weighted by atomic mass is 9.85. The van der Waals surface area contributed by atoms with Crippen molar-refractivity contribution in [3.05, 3.63) is 0 Å². The number of aliphatic hydroxyl groups excluding tert-OH is 1. The lowest BCUT2D eigenvalue weighted by Crippen LogP contribution is -2.53. The van der Waals surface area contributed by atoms with Crippen LogP contribution in [0.4, 0.5) is 4.79 Å². The zero-order valence-electron chi connectivity index (χ0n) is 15.1. The highest BCUT2D eigenvalue weighted by Gasteiger charge is 2.32. The van der Waals surface area contributed by atoms with Crippen molar-refractivity contribution < 1.29 is 9.90 Å². The van der Waals surface area contributed by atoms with Gasteiger partial charge in [0.05, 0.1) is 0 Å². The van der Waals surface area contributed by atoms with E-state index >= 15 is 0 Å². The molecule has 2 aliphatic rings. The topological polar surface area (TPSA) is 64.6 Å². The van der Waals surface area contributed by atoms with Gasteiger partial charge in [-0.1, -0.05) is 20.3 Å². The van der Waals surface area contributed by atoms with Gasteiger partial charge < -0.3 is 20.6 Å². The second kappa shape index (κ2) is 8.88. The Bertz CT molecular complexity index is 371. The molecule has 23 heavy (non-hydrogen) atoms. The summed E-state index contributed by atoms with van der Waals surface area (Å²) in [6, 6.07) is 0.934. The highest BCUT2D eigenvalue weighted by molar-refractivity contribution is 5.74. The molecule has 5 nitrogen and oxygen atoms in total. The molecule has 1 aliphatic heterocycles. The van der Waals surface area contributed by atoms with Crippen LogP contribution in [0.3, 0.4) is 0 Å². The Morgan fingerprint density at radius 2 is 1.91 bits per heavy atom. The van der Waals surface area contributed by atoms with E-state index in [1.165, 1.54) is 38.6 Å². The maximum Gasteiger partial charge on any atom is 0.315 e. The molecule has 3 unspecified atom stereocenters. The predicted molar refractivity (Wildman–Crippen MR) is 93.4 cm³/mol. The number of urea groups is 1. The Hall–Kier alpha value is -0.810. The van der Waals surface area contributed by atoms with Gasteiger partial charge in [-0.25, -0.2) is 4.79 Å². The molecule has 1 aliphatic carbocycles. The average Bonchev–Trinajstić information content (AvgIpc) is 2.45. The van der Waals surface area contributed by atoms with E-state index in [1.807, 2.05) is 0 Å². The van der Waals surface area contributed by atoms with Crippen LogP contribution in [0.15, 0.2) is 0 Å². The number of hydrogen-bond acceptors (Lipinski definition) is 3. The van der Waals surface area contributed by atoms with Crippen LogP contribution in [0.25, 0.3) is 0 Å². The standard InChI is InChI=1S/C18H35N3O2/c1-13(2)17(9-11-22)20-18(23)19-14(3)15-6-5-10-21(12-15)16-7-4-8-16/h13-17,22H,4-12H2,1-3H3,(H2,19,20,23). The molecule has 0 radical (unpaired) electrons. The third kappa shape index (κ3) is 5.35. The number of aliphatic hydroxyl groups is 1. The number of hydrogen-bond donors (Lipinski definition) is 3. The molecule has 2 amide bonds. The van der Waals surface area contributed by atoms with Crippen LogP contribution in [-0.2, 0) is 0 Å². The smallest absolute Gasteiger partial charge is 0.315 e. The summed E-state index contributed by atoms with van der Waals surface area (Å²) in [5.74, 6) is 0.873. The summed E-state index contributed by atoms with van der Waals surface area (Å²) in [5.41, 5.74) is 0. The van der Waals surface area contributed by atoms with Crippen LogP contribution in [0.1, 0.15) is 59.3 Å². The second-order valence-corrected chi connectivity index (χ2v) is 7.75. The first-order chi connectivity index (χ1) is 11.0. The lowest BCUT2D eigenvalue weighted by Gasteiger charge is -2.43. The first-order valence-corrected chi connectivity index (χ1v) is 9.43. The minimum Gasteiger partial charge on any atom is -0.396 e. The first kappa shape index (κ1) is 18.5. The molecule has 0 aromatic carbocycles. The van der Waals surface area contributed by atoms with E-state index in [0.29, 0.717) is 18.3 Å². The summed E-state index contributed by atoms with van der Waals surface area (Å²) in [5, 5.41) is 15.3. The molecule has 5 heteroatoms. The van der Waals surface area contributed by atoms with Crippen molar-refractivity contribution >= 4 is 6.03 Å². The number of nitrogens with zero attached hydrogens (tertiary/aromatic N) is 1. The monoisotopic (exact) mass is 325 g/mol. The van der Waals surface area contributed by atoms with Gasteiger partial charge in [-0.3, -0.25) is 0 Å². The van der Waals surface area contributed by atoms with Crippen LogP contribution < -0.4 is 10.6 Å². The maximum absolute atomic E-state index is 12.3. The summed E-state index contributed by atoms with van der Waals surface area (Å²) in [6.45, 7) is 8.73. The zero-order valence-corrected chi connectivity index (χ0v) is 15.1. The van der Waals surface area contributed by atoms with Gasteiger partial charge in [-0.2, -0.15) is 0 Å². The number of carbonyl (C=O) groups is 1. The minimum absolute atomic E-state index is 0.0324. The predicted octanol–water partition coefficient (Wildman–Crippen LogP) is 2.35. The third-order valence-electron chi connectivity index (χ3n) is 5.71. The van der Waals surface area contributed by atoms with Gasteiger partial charge in [0, 0.05) is 31.3 Å². The van der Waals surface area contributed by atoms with E-state index < -0.39 is 0 Å². The van der Waals surface area contributed by atoms with Crippen LogP contribution >= 0.6 is 0 Å². The maximum atomic E-state index is 12.3. The molecular weight excluding hydrogens is 290 g/mol. The second-order valence-electron chi connectivity index (χ2n) is 7.75. The van der Waals surface area contributed by atoms with Crippen molar-refractivity contribution in [2.24, 2.45) is 11.8 Å². The molecule has 3 atom stereocenters. The van der Waals surface area contributed by atoms with Crippen LogP contribution in [0.2, 0.25) is 0 Å². The molecule has 2 rings (SSSR count). The quantitative estimate of drug-likeness (QED) is 0.673. The lowest BCUT2D eigenvalue weighted by molar-refractivity contribution is 0.0677. The molecule has 1 saturated carbocycles. The van der Waals surface area contributed by atoms with Crippen molar-refractivity contribution in [3.8, 4) is 0 Å². The van der Waals surface area contributed by atoms with Gasteiger partial charge in [0.2, 0.25) is 0 Å². The highest BCUT2D eigenvalue weighted by atomic mass is 16.3. The fourth-order valence-electron chi connectivity index (χ4n) is 3.78. The molecule has 1 saturated heterocycles. The summed E-state index contributed by atoms with van der Waals surface area (Å²) >= 11 is 0. The van der Waals surface area contributed by atoms with Crippen molar-refractivity contribution in [1.82, 2.24) is 15.5 Å². The average molecular weight is 325 g/mol. The normalized spacial score (nSPS) is 25.7. The SMILES string of the molecule is CC(C)C(CCO)NC(=O)NC(C)C1CCCN(C2CCC2)C1. The van der Waals surface area contributed by atoms with E-state index in [9.17, 15) is 4.79 Å². The van der Waals surface area contributed by atoms with E-state index in [1.54, 1.807) is 0 Å². The molecular formula is C18H35N3O2. The Labute approximate surface area is 141 Å². The van der Waals surface area contributed by atoms with Crippen LogP contribution in [-0.4, -0.2) is 53.9 Å². The largest absolute Gasteiger partial charge is 0.396 e. The van der Waals surface area contributed by atoms with Gasteiger partial charge in [-0.05, 0) is 57.4 Å². The van der Waals surface area contributed by atoms with E-state index in [0.717, 1.165) is 12.6 Å². The number of likely N-dealkylation sites (tertiary alicyclic amines) is 1. The van der Waals surface area contributed by atoms with E-state index in [-0.39, 0.29) is 24.7 Å². The number of carbonyl (C=O) groups excluding carboxylic acids is 1. The molecule has 1 heterocycles. The zero-order chi connectivity index (χ0) is 16.8. The number of piperidine rings is 1. The molecule has 0 bridgehead atoms. The van der Waals surface area contributed by atoms with E-state index in [2.05, 4.69) is 36.3 Å². The van der Waals surface area contributed by atoms with Gasteiger partial charge in [0.1, 0.15) is 0 Å². The summed E-state index contributed by atoms with van der Waals surface area (Å²) < 4.78 is 0. The molecule has 2 fully saturated rings. The molecule has 134 valence electrons. The van der Waals surface area contributed by atoms with Gasteiger partial charge >= 0.3 is 6.03 Å². The molecule has 0 spiro atoms. The molecule has 0 aromatic rings. The number of rotatable bonds is 7. The Kier molecular flexibility index (Phi) is 7.15. The van der Waals surface area contributed by atoms with Gasteiger partial charge in [0.15, 0.2) is 0 Å². The van der Waals surface area contributed by atoms with Crippen LogP contribution in [0.5, 0.6) is 0 Å². The number of nitrogens with one attached hydrogen (secondary N) is 2. The Balaban J connectivity index is 1.77. The van der Waals surface area contributed by atoms with Crippen molar-refractivity contribution in [2.45, 2.75) is 77.4 Å². The first-order valence-electron chi connectivity index (χ1n) is 9.43. The molecule has 0 aromatic heterocycles. The van der Waals surface area contributed by atoms with Crippen molar-refractivity contribution in [1.29, 1.82) is 0 Å². The highest BCUT2D eigenvalue weighted by Crippen LogP contribution is 2.30.